The zero-order valence-corrected chi connectivity index (χ0v) is 12.6. The highest BCUT2D eigenvalue weighted by Crippen LogP contribution is 2.31. The van der Waals surface area contributed by atoms with Crippen LogP contribution in [-0.2, 0) is 0 Å². The highest BCUT2D eigenvalue weighted by molar-refractivity contribution is 9.10. The summed E-state index contributed by atoms with van der Waals surface area (Å²) in [6, 6.07) is 11.3. The molecule has 4 nitrogen and oxygen atoms in total. The summed E-state index contributed by atoms with van der Waals surface area (Å²) < 4.78 is 30.2. The van der Waals surface area contributed by atoms with Crippen LogP contribution in [0.1, 0.15) is 0 Å². The third-order valence-corrected chi connectivity index (χ3v) is 3.52. The lowest BCUT2D eigenvalue weighted by molar-refractivity contribution is -0.0494. The fourth-order valence-electron chi connectivity index (χ4n) is 2.10. The molecule has 3 rings (SSSR count). The molecule has 0 unspecified atom stereocenters. The third-order valence-electron chi connectivity index (χ3n) is 3.03. The molecular weight excluding hydrogens is 358 g/mol. The maximum absolute atomic E-state index is 12.5. The van der Waals surface area contributed by atoms with Crippen LogP contribution in [-0.4, -0.2) is 16.6 Å². The van der Waals surface area contributed by atoms with E-state index in [-0.39, 0.29) is 22.7 Å². The van der Waals surface area contributed by atoms with Crippen molar-refractivity contribution in [2.45, 2.75) is 6.61 Å². The number of nitrogens with one attached hydrogen (secondary N) is 1. The number of aromatic nitrogens is 2. The van der Waals surface area contributed by atoms with Crippen LogP contribution in [0.4, 0.5) is 8.78 Å². The molecule has 22 heavy (non-hydrogen) atoms. The summed E-state index contributed by atoms with van der Waals surface area (Å²) in [5, 5.41) is 0.428. The number of alkyl halides is 2. The van der Waals surface area contributed by atoms with Gasteiger partial charge in [-0.1, -0.05) is 28.1 Å². The lowest BCUT2D eigenvalue weighted by atomic mass is 10.1. The summed E-state index contributed by atoms with van der Waals surface area (Å²) in [5.74, 6) is 0.109. The molecule has 0 saturated carbocycles. The van der Waals surface area contributed by atoms with Gasteiger partial charge >= 0.3 is 6.61 Å². The molecular formula is C15H9BrF2N2O2. The number of nitrogens with zero attached hydrogens (tertiary/aromatic N) is 1. The van der Waals surface area contributed by atoms with Gasteiger partial charge in [0.25, 0.3) is 5.56 Å². The molecule has 0 fully saturated rings. The number of H-pyrrole nitrogens is 1. The molecule has 1 aromatic heterocycles. The van der Waals surface area contributed by atoms with Gasteiger partial charge in [-0.25, -0.2) is 4.98 Å². The Kier molecular flexibility index (Phi) is 3.89. The number of aromatic amines is 1. The minimum Gasteiger partial charge on any atom is -0.434 e. The number of hydrogen-bond acceptors (Lipinski definition) is 3. The molecule has 0 aliphatic rings. The predicted octanol–water partition coefficient (Wildman–Crippen LogP) is 3.95. The molecule has 7 heteroatoms. The molecule has 0 amide bonds. The second-order valence-corrected chi connectivity index (χ2v) is 5.37. The van der Waals surface area contributed by atoms with Crippen LogP contribution in [0, 0.1) is 0 Å². The molecule has 1 heterocycles. The van der Waals surface area contributed by atoms with Crippen molar-refractivity contribution in [3.8, 4) is 17.1 Å². The van der Waals surface area contributed by atoms with Gasteiger partial charge in [0.1, 0.15) is 11.6 Å². The maximum Gasteiger partial charge on any atom is 0.387 e. The van der Waals surface area contributed by atoms with Gasteiger partial charge in [-0.15, -0.1) is 0 Å². The van der Waals surface area contributed by atoms with E-state index in [1.807, 2.05) is 0 Å². The molecule has 3 aromatic rings. The first-order chi connectivity index (χ1) is 10.5. The summed E-state index contributed by atoms with van der Waals surface area (Å²) in [7, 11) is 0. The summed E-state index contributed by atoms with van der Waals surface area (Å²) in [5.41, 5.74) is 0.408. The second-order valence-electron chi connectivity index (χ2n) is 4.45. The van der Waals surface area contributed by atoms with E-state index in [0.717, 1.165) is 0 Å². The molecule has 0 bridgehead atoms. The largest absolute Gasteiger partial charge is 0.434 e. The summed E-state index contributed by atoms with van der Waals surface area (Å²) >= 11 is 3.27. The highest BCUT2D eigenvalue weighted by Gasteiger charge is 2.14. The third kappa shape index (κ3) is 2.85. The smallest absolute Gasteiger partial charge is 0.387 e. The van der Waals surface area contributed by atoms with Crippen molar-refractivity contribution in [3.05, 3.63) is 57.3 Å². The van der Waals surface area contributed by atoms with Crippen LogP contribution in [0.2, 0.25) is 0 Å². The average molecular weight is 367 g/mol. The number of rotatable bonds is 3. The van der Waals surface area contributed by atoms with Gasteiger partial charge in [0, 0.05) is 4.47 Å². The van der Waals surface area contributed by atoms with Crippen molar-refractivity contribution in [1.82, 2.24) is 9.97 Å². The van der Waals surface area contributed by atoms with Crippen LogP contribution >= 0.6 is 15.9 Å². The fourth-order valence-corrected chi connectivity index (χ4v) is 2.46. The zero-order chi connectivity index (χ0) is 15.7. The van der Waals surface area contributed by atoms with E-state index in [1.165, 1.54) is 6.07 Å². The quantitative estimate of drug-likeness (QED) is 0.763. The van der Waals surface area contributed by atoms with Gasteiger partial charge in [0.05, 0.1) is 16.5 Å². The molecule has 112 valence electrons. The Hall–Kier alpha value is -2.28. The molecule has 1 N–H and O–H groups in total. The van der Waals surface area contributed by atoms with Crippen LogP contribution in [0.25, 0.3) is 22.3 Å². The second kappa shape index (κ2) is 5.84. The van der Waals surface area contributed by atoms with Crippen LogP contribution in [0.15, 0.2) is 51.7 Å². The van der Waals surface area contributed by atoms with E-state index in [2.05, 4.69) is 30.6 Å². The van der Waals surface area contributed by atoms with Crippen molar-refractivity contribution in [1.29, 1.82) is 0 Å². The van der Waals surface area contributed by atoms with E-state index in [0.29, 0.717) is 15.4 Å². The van der Waals surface area contributed by atoms with Gasteiger partial charge in [0.15, 0.2) is 0 Å². The average Bonchev–Trinajstić information content (AvgIpc) is 2.48. The van der Waals surface area contributed by atoms with E-state index in [1.54, 1.807) is 36.4 Å². The minimum absolute atomic E-state index is 0.0587. The monoisotopic (exact) mass is 366 g/mol. The number of benzene rings is 2. The first-order valence-electron chi connectivity index (χ1n) is 6.28. The standard InChI is InChI=1S/C15H9BrF2N2O2/c16-8-5-6-12(22-15(17)18)10(7-8)13-19-11-4-2-1-3-9(11)14(21)20-13/h1-7,15H,(H,19,20,21). The molecule has 2 aromatic carbocycles. The van der Waals surface area contributed by atoms with Crippen LogP contribution < -0.4 is 10.3 Å². The van der Waals surface area contributed by atoms with Crippen molar-refractivity contribution in [2.24, 2.45) is 0 Å². The number of hydrogen-bond donors (Lipinski definition) is 1. The summed E-state index contributed by atoms with van der Waals surface area (Å²) in [6.45, 7) is -2.97. The van der Waals surface area contributed by atoms with Crippen LogP contribution in [0.3, 0.4) is 0 Å². The topological polar surface area (TPSA) is 55.0 Å². The molecule has 0 aliphatic carbocycles. The number of para-hydroxylation sites is 1. The van der Waals surface area contributed by atoms with E-state index < -0.39 is 6.61 Å². The van der Waals surface area contributed by atoms with Gasteiger partial charge in [-0.05, 0) is 30.3 Å². The van der Waals surface area contributed by atoms with E-state index in [4.69, 9.17) is 0 Å². The minimum atomic E-state index is -2.97. The Balaban J connectivity index is 2.22. The lowest BCUT2D eigenvalue weighted by Gasteiger charge is -2.11. The lowest BCUT2D eigenvalue weighted by Crippen LogP contribution is -2.10. The maximum atomic E-state index is 12.5. The van der Waals surface area contributed by atoms with Crippen molar-refractivity contribution >= 4 is 26.8 Å². The molecule has 0 saturated heterocycles. The Labute approximate surface area is 131 Å². The van der Waals surface area contributed by atoms with E-state index in [9.17, 15) is 13.6 Å². The SMILES string of the molecule is O=c1[nH]c(-c2cc(Br)ccc2OC(F)F)nc2ccccc12. The van der Waals surface area contributed by atoms with Crippen LogP contribution in [0.5, 0.6) is 5.75 Å². The molecule has 0 spiro atoms. The van der Waals surface area contributed by atoms with Crippen molar-refractivity contribution < 1.29 is 13.5 Å². The summed E-state index contributed by atoms with van der Waals surface area (Å²) in [6.07, 6.45) is 0. The van der Waals surface area contributed by atoms with Gasteiger partial charge in [-0.2, -0.15) is 8.78 Å². The normalized spacial score (nSPS) is 11.1. The number of halogens is 3. The van der Waals surface area contributed by atoms with Crippen molar-refractivity contribution in [2.75, 3.05) is 0 Å². The molecule has 0 aliphatic heterocycles. The van der Waals surface area contributed by atoms with Gasteiger partial charge in [0.2, 0.25) is 0 Å². The zero-order valence-electron chi connectivity index (χ0n) is 11.0. The molecule has 0 radical (unpaired) electrons. The first kappa shape index (κ1) is 14.6. The Morgan fingerprint density at radius 3 is 2.73 bits per heavy atom. The van der Waals surface area contributed by atoms with E-state index >= 15 is 0 Å². The molecule has 0 atom stereocenters. The summed E-state index contributed by atoms with van der Waals surface area (Å²) in [4.78, 5) is 19.0. The first-order valence-corrected chi connectivity index (χ1v) is 7.07. The number of ether oxygens (including phenoxy) is 1. The van der Waals surface area contributed by atoms with Gasteiger partial charge < -0.3 is 9.72 Å². The van der Waals surface area contributed by atoms with Crippen molar-refractivity contribution in [3.63, 3.8) is 0 Å². The Morgan fingerprint density at radius 2 is 1.95 bits per heavy atom. The highest BCUT2D eigenvalue weighted by atomic mass is 79.9. The fraction of sp³-hybridized carbons (Fsp3) is 0.0667. The number of fused-ring (bicyclic) bond motifs is 1. The van der Waals surface area contributed by atoms with Gasteiger partial charge in [-0.3, -0.25) is 4.79 Å². The predicted molar refractivity (Wildman–Crippen MR) is 82.1 cm³/mol. The Morgan fingerprint density at radius 1 is 1.18 bits per heavy atom. The Bertz CT molecular complexity index is 896.